The summed E-state index contributed by atoms with van der Waals surface area (Å²) in [6, 6.07) is 5.79. The lowest BCUT2D eigenvalue weighted by atomic mass is 10.1. The highest BCUT2D eigenvalue weighted by Crippen LogP contribution is 2.22. The fraction of sp³-hybridized carbons (Fsp3) is 0.476. The highest BCUT2D eigenvalue weighted by Gasteiger charge is 2.41. The van der Waals surface area contributed by atoms with Crippen LogP contribution in [0.1, 0.15) is 12.0 Å². The molecule has 1 aromatic carbocycles. The van der Waals surface area contributed by atoms with Crippen molar-refractivity contribution < 1.29 is 27.5 Å². The molecule has 2 atom stereocenters. The first kappa shape index (κ1) is 22.3. The lowest BCUT2D eigenvalue weighted by Gasteiger charge is -2.29. The molecule has 2 fully saturated rings. The van der Waals surface area contributed by atoms with Gasteiger partial charge in [-0.1, -0.05) is 18.2 Å². The van der Waals surface area contributed by atoms with Crippen molar-refractivity contribution in [2.45, 2.75) is 24.9 Å². The fourth-order valence-corrected chi connectivity index (χ4v) is 6.06. The third-order valence-corrected chi connectivity index (χ3v) is 7.76. The fourth-order valence-electron chi connectivity index (χ4n) is 4.33. The number of aromatic amines is 1. The molecule has 32 heavy (non-hydrogen) atoms. The Bertz CT molecular complexity index is 1140. The molecule has 0 spiro atoms. The highest BCUT2D eigenvalue weighted by atomic mass is 32.2. The van der Waals surface area contributed by atoms with Gasteiger partial charge in [-0.05, 0) is 18.1 Å². The van der Waals surface area contributed by atoms with E-state index in [0.717, 1.165) is 21.4 Å². The number of H-pyrrole nitrogens is 1. The van der Waals surface area contributed by atoms with E-state index in [1.807, 2.05) is 30.5 Å². The van der Waals surface area contributed by atoms with Crippen LogP contribution >= 0.6 is 0 Å². The van der Waals surface area contributed by atoms with Crippen LogP contribution < -0.4 is 5.32 Å². The van der Waals surface area contributed by atoms with Crippen LogP contribution in [0.5, 0.6) is 0 Å². The molecule has 2 aliphatic rings. The Morgan fingerprint density at radius 1 is 1.28 bits per heavy atom. The third-order valence-electron chi connectivity index (χ3n) is 6.01. The number of nitrogens with one attached hydrogen (secondary N) is 2. The van der Waals surface area contributed by atoms with Crippen molar-refractivity contribution in [2.75, 3.05) is 38.3 Å². The van der Waals surface area contributed by atoms with Crippen molar-refractivity contribution in [3.8, 4) is 0 Å². The van der Waals surface area contributed by atoms with Crippen molar-refractivity contribution in [1.82, 2.24) is 20.1 Å². The molecule has 4 rings (SSSR count). The molecule has 2 aliphatic heterocycles. The van der Waals surface area contributed by atoms with Gasteiger partial charge in [0, 0.05) is 43.2 Å². The lowest BCUT2D eigenvalue weighted by Crippen LogP contribution is -2.49. The number of imide groups is 1. The smallest absolute Gasteiger partial charge is 0.325 e. The molecule has 0 bridgehead atoms. The number of amides is 4. The van der Waals surface area contributed by atoms with Gasteiger partial charge >= 0.3 is 6.03 Å². The van der Waals surface area contributed by atoms with E-state index in [1.54, 1.807) is 0 Å². The maximum Gasteiger partial charge on any atom is 0.325 e. The standard InChI is InChI=1S/C21H26N4O6S/c1-31-8-7-24(15-6-9-32(29,30)13-15)19(26)12-25-20(27)18(23-21(25)28)10-14-11-22-17-5-3-2-4-16(14)17/h2-5,11,15,18,22H,6-10,12-13H2,1H3,(H,23,28)/t15-,18+/m1/s1. The molecule has 0 unspecified atom stereocenters. The Morgan fingerprint density at radius 2 is 2.06 bits per heavy atom. The minimum Gasteiger partial charge on any atom is -0.383 e. The van der Waals surface area contributed by atoms with E-state index in [-0.39, 0.29) is 24.7 Å². The number of para-hydroxylation sites is 1. The second-order valence-electron chi connectivity index (χ2n) is 8.13. The van der Waals surface area contributed by atoms with E-state index >= 15 is 0 Å². The summed E-state index contributed by atoms with van der Waals surface area (Å²) in [6.45, 7) is -0.0150. The van der Waals surface area contributed by atoms with Crippen LogP contribution in [0.2, 0.25) is 0 Å². The Balaban J connectivity index is 1.45. The SMILES string of the molecule is COCCN(C(=O)CN1C(=O)N[C@@H](Cc2c[nH]c3ccccc23)C1=O)[C@@H]1CCS(=O)(=O)C1. The number of carbonyl (C=O) groups excluding carboxylic acids is 3. The van der Waals surface area contributed by atoms with Gasteiger partial charge in [-0.3, -0.25) is 14.5 Å². The number of nitrogens with zero attached hydrogens (tertiary/aromatic N) is 2. The predicted octanol–water partition coefficient (Wildman–Crippen LogP) is 0.293. The summed E-state index contributed by atoms with van der Waals surface area (Å²) >= 11 is 0. The number of hydrogen-bond acceptors (Lipinski definition) is 6. The molecule has 11 heteroatoms. The summed E-state index contributed by atoms with van der Waals surface area (Å²) in [5, 5.41) is 3.63. The van der Waals surface area contributed by atoms with Gasteiger partial charge < -0.3 is 19.9 Å². The van der Waals surface area contributed by atoms with Crippen LogP contribution in [0, 0.1) is 0 Å². The normalized spacial score (nSPS) is 22.5. The zero-order chi connectivity index (χ0) is 22.9. The van der Waals surface area contributed by atoms with Crippen molar-refractivity contribution in [2.24, 2.45) is 0 Å². The molecular formula is C21H26N4O6S. The van der Waals surface area contributed by atoms with Crippen LogP contribution in [0.15, 0.2) is 30.5 Å². The summed E-state index contributed by atoms with van der Waals surface area (Å²) in [5.41, 5.74) is 1.83. The van der Waals surface area contributed by atoms with Crippen molar-refractivity contribution in [1.29, 1.82) is 0 Å². The van der Waals surface area contributed by atoms with Crippen LogP contribution in [-0.2, 0) is 30.6 Å². The van der Waals surface area contributed by atoms with E-state index in [2.05, 4.69) is 10.3 Å². The topological polar surface area (TPSA) is 129 Å². The number of aromatic nitrogens is 1. The molecule has 3 heterocycles. The van der Waals surface area contributed by atoms with Crippen LogP contribution in [0.4, 0.5) is 4.79 Å². The second kappa shape index (κ2) is 8.91. The zero-order valence-corrected chi connectivity index (χ0v) is 18.6. The van der Waals surface area contributed by atoms with E-state index in [0.29, 0.717) is 12.8 Å². The minimum absolute atomic E-state index is 0.0181. The van der Waals surface area contributed by atoms with Gasteiger partial charge in [0.05, 0.1) is 18.1 Å². The number of rotatable bonds is 8. The summed E-state index contributed by atoms with van der Waals surface area (Å²) < 4.78 is 28.8. The van der Waals surface area contributed by atoms with Gasteiger partial charge in [-0.2, -0.15) is 0 Å². The average molecular weight is 463 g/mol. The molecule has 2 saturated heterocycles. The molecule has 0 radical (unpaired) electrons. The van der Waals surface area contributed by atoms with Gasteiger partial charge in [-0.25, -0.2) is 13.2 Å². The largest absolute Gasteiger partial charge is 0.383 e. The molecule has 10 nitrogen and oxygen atoms in total. The van der Waals surface area contributed by atoms with Gasteiger partial charge in [0.2, 0.25) is 5.91 Å². The van der Waals surface area contributed by atoms with Crippen molar-refractivity contribution in [3.05, 3.63) is 36.0 Å². The summed E-state index contributed by atoms with van der Waals surface area (Å²) in [6.07, 6.45) is 2.44. The van der Waals surface area contributed by atoms with Crippen molar-refractivity contribution in [3.63, 3.8) is 0 Å². The van der Waals surface area contributed by atoms with Gasteiger partial charge in [0.25, 0.3) is 5.91 Å². The summed E-state index contributed by atoms with van der Waals surface area (Å²) in [4.78, 5) is 43.9. The van der Waals surface area contributed by atoms with E-state index in [4.69, 9.17) is 4.74 Å². The maximum absolute atomic E-state index is 13.0. The molecular weight excluding hydrogens is 436 g/mol. The van der Waals surface area contributed by atoms with Gasteiger partial charge in [0.15, 0.2) is 9.84 Å². The second-order valence-corrected chi connectivity index (χ2v) is 10.4. The summed E-state index contributed by atoms with van der Waals surface area (Å²) in [7, 11) is -1.71. The molecule has 172 valence electrons. The van der Waals surface area contributed by atoms with E-state index in [1.165, 1.54) is 12.0 Å². The van der Waals surface area contributed by atoms with Crippen LogP contribution in [0.25, 0.3) is 10.9 Å². The summed E-state index contributed by atoms with van der Waals surface area (Å²) in [5.74, 6) is -1.05. The number of urea groups is 1. The number of carbonyl (C=O) groups is 3. The number of hydrogen-bond donors (Lipinski definition) is 2. The minimum atomic E-state index is -3.20. The quantitative estimate of drug-likeness (QED) is 0.543. The molecule has 0 saturated carbocycles. The van der Waals surface area contributed by atoms with Gasteiger partial charge in [-0.15, -0.1) is 0 Å². The number of fused-ring (bicyclic) bond motifs is 1. The first-order valence-electron chi connectivity index (χ1n) is 10.4. The third kappa shape index (κ3) is 4.49. The van der Waals surface area contributed by atoms with Crippen LogP contribution in [-0.4, -0.2) is 91.4 Å². The molecule has 1 aromatic heterocycles. The van der Waals surface area contributed by atoms with E-state index in [9.17, 15) is 22.8 Å². The number of benzene rings is 1. The Hall–Kier alpha value is -2.92. The number of ether oxygens (including phenoxy) is 1. The maximum atomic E-state index is 13.0. The Kier molecular flexibility index (Phi) is 6.20. The average Bonchev–Trinajstić information content (AvgIpc) is 3.41. The van der Waals surface area contributed by atoms with Gasteiger partial charge in [0.1, 0.15) is 12.6 Å². The first-order valence-corrected chi connectivity index (χ1v) is 12.3. The lowest BCUT2D eigenvalue weighted by molar-refractivity contribution is -0.139. The highest BCUT2D eigenvalue weighted by molar-refractivity contribution is 7.91. The molecule has 2 aromatic rings. The molecule has 0 aliphatic carbocycles. The molecule has 2 N–H and O–H groups in total. The number of sulfone groups is 1. The Morgan fingerprint density at radius 3 is 2.78 bits per heavy atom. The predicted molar refractivity (Wildman–Crippen MR) is 117 cm³/mol. The first-order chi connectivity index (χ1) is 15.3. The Labute approximate surface area is 185 Å². The monoisotopic (exact) mass is 462 g/mol. The zero-order valence-electron chi connectivity index (χ0n) is 17.7. The van der Waals surface area contributed by atoms with Crippen LogP contribution in [0.3, 0.4) is 0 Å². The number of methoxy groups -OCH3 is 1. The van der Waals surface area contributed by atoms with E-state index < -0.39 is 46.3 Å². The molecule has 4 amide bonds. The van der Waals surface area contributed by atoms with Crippen molar-refractivity contribution >= 4 is 38.6 Å².